The van der Waals surface area contributed by atoms with Gasteiger partial charge >= 0.3 is 0 Å². The summed E-state index contributed by atoms with van der Waals surface area (Å²) in [6, 6.07) is 10.8. The van der Waals surface area contributed by atoms with Crippen molar-refractivity contribution in [2.24, 2.45) is 0 Å². The highest BCUT2D eigenvalue weighted by Gasteiger charge is 2.35. The number of benzene rings is 2. The Labute approximate surface area is 143 Å². The summed E-state index contributed by atoms with van der Waals surface area (Å²) < 4.78 is 50.8. The molecule has 0 aliphatic heterocycles. The minimum absolute atomic E-state index is 0.145. The quantitative estimate of drug-likeness (QED) is 0.776. The second-order valence-corrected chi connectivity index (χ2v) is 12.3. The van der Waals surface area contributed by atoms with Gasteiger partial charge in [0.1, 0.15) is 0 Å². The molecule has 0 radical (unpaired) electrons. The van der Waals surface area contributed by atoms with Crippen LogP contribution in [0.2, 0.25) is 0 Å². The van der Waals surface area contributed by atoms with Crippen LogP contribution in [0.4, 0.5) is 0 Å². The van der Waals surface area contributed by atoms with Crippen molar-refractivity contribution in [3.8, 4) is 0 Å². The van der Waals surface area contributed by atoms with Crippen LogP contribution in [-0.4, -0.2) is 16.8 Å². The smallest absolute Gasteiger partial charge is 0.207 e. The zero-order valence-electron chi connectivity index (χ0n) is 14.5. The van der Waals surface area contributed by atoms with Crippen LogP contribution in [-0.2, 0) is 23.2 Å². The summed E-state index contributed by atoms with van der Waals surface area (Å²) in [7, 11) is -9.04. The third-order valence-electron chi connectivity index (χ3n) is 3.91. The van der Waals surface area contributed by atoms with E-state index in [4.69, 9.17) is 0 Å². The fraction of sp³-hybridized carbons (Fsp3) is 0.333. The molecule has 0 aromatic heterocycles. The van der Waals surface area contributed by atoms with Crippen molar-refractivity contribution in [1.29, 1.82) is 0 Å². The molecule has 0 atom stereocenters. The van der Waals surface area contributed by atoms with E-state index in [1.54, 1.807) is 38.1 Å². The highest BCUT2D eigenvalue weighted by molar-refractivity contribution is 8.67. The molecule has 0 aliphatic rings. The maximum Gasteiger partial charge on any atom is 0.286 e. The van der Waals surface area contributed by atoms with Gasteiger partial charge in [-0.15, -0.1) is 0 Å². The van der Waals surface area contributed by atoms with Crippen molar-refractivity contribution < 1.29 is 16.8 Å². The van der Waals surface area contributed by atoms with Crippen molar-refractivity contribution in [2.75, 3.05) is 0 Å². The molecule has 0 amide bonds. The van der Waals surface area contributed by atoms with Gasteiger partial charge in [-0.3, -0.25) is 0 Å². The Hall–Kier alpha value is -1.66. The van der Waals surface area contributed by atoms with Crippen LogP contribution in [0.25, 0.3) is 0 Å². The Morgan fingerprint density at radius 2 is 1.29 bits per heavy atom. The molecule has 0 saturated carbocycles. The standard InChI is InChI=1S/C18H22O4S2/c1-13-6-7-14(2)17(12-13)24(21,22)23(19,20)16-10-8-15(9-11-16)18(3,4)5/h6-12H,1-5H3. The molecule has 2 aromatic carbocycles. The average Bonchev–Trinajstić information content (AvgIpc) is 2.48. The van der Waals surface area contributed by atoms with Gasteiger partial charge in [0.15, 0.2) is 0 Å². The lowest BCUT2D eigenvalue weighted by Crippen LogP contribution is -2.18. The van der Waals surface area contributed by atoms with E-state index in [2.05, 4.69) is 0 Å². The molecule has 2 aromatic rings. The fourth-order valence-corrected chi connectivity index (χ4v) is 6.44. The van der Waals surface area contributed by atoms with Crippen LogP contribution in [0, 0.1) is 13.8 Å². The summed E-state index contributed by atoms with van der Waals surface area (Å²) in [5, 5.41) is 0. The first-order valence-electron chi connectivity index (χ1n) is 7.55. The third kappa shape index (κ3) is 3.26. The van der Waals surface area contributed by atoms with Gasteiger partial charge in [0.25, 0.3) is 17.7 Å². The Morgan fingerprint density at radius 3 is 1.79 bits per heavy atom. The Balaban J connectivity index is 2.59. The van der Waals surface area contributed by atoms with Gasteiger partial charge in [0, 0.05) is 0 Å². The molecule has 130 valence electrons. The number of aryl methyl sites for hydroxylation is 2. The molecule has 2 rings (SSSR count). The molecule has 4 nitrogen and oxygen atoms in total. The molecule has 0 bridgehead atoms. The lowest BCUT2D eigenvalue weighted by Gasteiger charge is -2.19. The van der Waals surface area contributed by atoms with Crippen LogP contribution in [0.3, 0.4) is 0 Å². The second-order valence-electron chi connectivity index (χ2n) is 6.95. The maximum absolute atomic E-state index is 12.7. The molecular weight excluding hydrogens is 344 g/mol. The number of rotatable bonds is 3. The highest BCUT2D eigenvalue weighted by Crippen LogP contribution is 2.29. The third-order valence-corrected chi connectivity index (χ3v) is 9.17. The molecule has 0 heterocycles. The molecule has 6 heteroatoms. The summed E-state index contributed by atoms with van der Waals surface area (Å²) in [6.45, 7) is 9.32. The molecule has 0 aliphatic carbocycles. The fourth-order valence-electron chi connectivity index (χ4n) is 2.34. The minimum Gasteiger partial charge on any atom is -0.207 e. The van der Waals surface area contributed by atoms with E-state index in [-0.39, 0.29) is 15.2 Å². The number of hydrogen-bond donors (Lipinski definition) is 0. The summed E-state index contributed by atoms with van der Waals surface area (Å²) in [5.41, 5.74) is 1.90. The minimum atomic E-state index is -4.52. The first kappa shape index (κ1) is 18.7. The highest BCUT2D eigenvalue weighted by atomic mass is 33.2. The van der Waals surface area contributed by atoms with E-state index in [0.29, 0.717) is 11.1 Å². The summed E-state index contributed by atoms with van der Waals surface area (Å²) in [4.78, 5) is -0.376. The zero-order valence-corrected chi connectivity index (χ0v) is 16.1. The molecule has 0 saturated heterocycles. The van der Waals surface area contributed by atoms with Crippen molar-refractivity contribution in [3.05, 3.63) is 59.2 Å². The topological polar surface area (TPSA) is 68.3 Å². The van der Waals surface area contributed by atoms with E-state index >= 15 is 0 Å². The van der Waals surface area contributed by atoms with Crippen molar-refractivity contribution in [1.82, 2.24) is 0 Å². The second kappa shape index (κ2) is 6.01. The van der Waals surface area contributed by atoms with Gasteiger partial charge < -0.3 is 0 Å². The predicted molar refractivity (Wildman–Crippen MR) is 95.4 cm³/mol. The summed E-state index contributed by atoms with van der Waals surface area (Å²) in [6.07, 6.45) is 0. The van der Waals surface area contributed by atoms with Crippen LogP contribution in [0.15, 0.2) is 52.3 Å². The Morgan fingerprint density at radius 1 is 0.750 bits per heavy atom. The van der Waals surface area contributed by atoms with Crippen LogP contribution >= 0.6 is 0 Å². The monoisotopic (exact) mass is 366 g/mol. The molecule has 0 unspecified atom stereocenters. The largest absolute Gasteiger partial charge is 0.286 e. The van der Waals surface area contributed by atoms with E-state index < -0.39 is 17.7 Å². The van der Waals surface area contributed by atoms with E-state index in [0.717, 1.165) is 5.56 Å². The van der Waals surface area contributed by atoms with Gasteiger partial charge in [-0.2, -0.15) is 0 Å². The van der Waals surface area contributed by atoms with E-state index in [1.165, 1.54) is 18.2 Å². The van der Waals surface area contributed by atoms with Crippen molar-refractivity contribution in [3.63, 3.8) is 0 Å². The van der Waals surface area contributed by atoms with Gasteiger partial charge in [-0.05, 0) is 54.2 Å². The molecule has 0 spiro atoms. The molecule has 0 fully saturated rings. The summed E-state index contributed by atoms with van der Waals surface area (Å²) >= 11 is 0. The lowest BCUT2D eigenvalue weighted by atomic mass is 9.87. The van der Waals surface area contributed by atoms with E-state index in [9.17, 15) is 16.8 Å². The van der Waals surface area contributed by atoms with Gasteiger partial charge in [0.2, 0.25) is 0 Å². The van der Waals surface area contributed by atoms with Gasteiger partial charge in [-0.25, -0.2) is 16.8 Å². The van der Waals surface area contributed by atoms with Crippen LogP contribution in [0.1, 0.15) is 37.5 Å². The van der Waals surface area contributed by atoms with Crippen LogP contribution in [0.5, 0.6) is 0 Å². The molecular formula is C18H22O4S2. The predicted octanol–water partition coefficient (Wildman–Crippen LogP) is 3.76. The van der Waals surface area contributed by atoms with E-state index in [1.807, 2.05) is 20.8 Å². The lowest BCUT2D eigenvalue weighted by molar-refractivity contribution is 0.580. The average molecular weight is 367 g/mol. The Bertz CT molecular complexity index is 963. The summed E-state index contributed by atoms with van der Waals surface area (Å²) in [5.74, 6) is 0. The van der Waals surface area contributed by atoms with Gasteiger partial charge in [-0.1, -0.05) is 45.0 Å². The molecule has 0 N–H and O–H groups in total. The first-order chi connectivity index (χ1) is 10.9. The van der Waals surface area contributed by atoms with Crippen molar-refractivity contribution >= 4 is 17.7 Å². The normalized spacial score (nSPS) is 13.0. The number of hydrogen-bond acceptors (Lipinski definition) is 4. The van der Waals surface area contributed by atoms with Gasteiger partial charge in [0.05, 0.1) is 9.79 Å². The Kier molecular flexibility index (Phi) is 4.67. The zero-order chi connectivity index (χ0) is 18.3. The molecule has 24 heavy (non-hydrogen) atoms. The maximum atomic E-state index is 12.7. The first-order valence-corrected chi connectivity index (χ1v) is 11.0. The van der Waals surface area contributed by atoms with Crippen LogP contribution < -0.4 is 0 Å². The SMILES string of the molecule is Cc1ccc(C)c(S(=O)(=O)S(=O)(=O)c2ccc(C(C)(C)C)cc2)c1. The van der Waals surface area contributed by atoms with Crippen molar-refractivity contribution in [2.45, 2.75) is 49.8 Å².